The molecule has 4 fully saturated rings. The highest BCUT2D eigenvalue weighted by Crippen LogP contribution is 2.70. The summed E-state index contributed by atoms with van der Waals surface area (Å²) in [5.74, 6) is -0.285. The lowest BCUT2D eigenvalue weighted by atomic mass is 9.42. The number of fused-ring (bicyclic) bond motifs is 5. The van der Waals surface area contributed by atoms with E-state index >= 15 is 0 Å². The van der Waals surface area contributed by atoms with Crippen molar-refractivity contribution < 1.29 is 29.3 Å². The van der Waals surface area contributed by atoms with Crippen molar-refractivity contribution in [3.63, 3.8) is 0 Å². The van der Waals surface area contributed by atoms with Gasteiger partial charge in [0.15, 0.2) is 0 Å². The molecule has 2 unspecified atom stereocenters. The maximum Gasteiger partial charge on any atom is 0.338 e. The van der Waals surface area contributed by atoms with E-state index in [1.54, 1.807) is 24.3 Å². The molecule has 2 aromatic carbocycles. The van der Waals surface area contributed by atoms with Gasteiger partial charge in [-0.3, -0.25) is 0 Å². The summed E-state index contributed by atoms with van der Waals surface area (Å²) in [6.45, 7) is 6.35. The summed E-state index contributed by atoms with van der Waals surface area (Å²) in [4.78, 5) is 26.6. The summed E-state index contributed by atoms with van der Waals surface area (Å²) in [5.41, 5.74) is -0.876. The molecule has 6 nitrogen and oxygen atoms in total. The van der Waals surface area contributed by atoms with Gasteiger partial charge in [-0.15, -0.1) is 0 Å². The van der Waals surface area contributed by atoms with Crippen LogP contribution in [0.5, 0.6) is 0 Å². The Morgan fingerprint density at radius 3 is 2.12 bits per heavy atom. The molecule has 0 bridgehead atoms. The lowest BCUT2D eigenvalue weighted by Crippen LogP contribution is -2.68. The summed E-state index contributed by atoms with van der Waals surface area (Å²) in [6.07, 6.45) is 5.07. The number of ether oxygens (including phenoxy) is 2. The quantitative estimate of drug-likeness (QED) is 0.423. The summed E-state index contributed by atoms with van der Waals surface area (Å²) in [6, 6.07) is 18.1. The van der Waals surface area contributed by atoms with E-state index in [4.69, 9.17) is 9.47 Å². The molecule has 4 saturated carbocycles. The summed E-state index contributed by atoms with van der Waals surface area (Å²) in [5, 5.41) is 23.4. The first-order chi connectivity index (χ1) is 19.6. The second-order valence-corrected chi connectivity index (χ2v) is 13.7. The molecule has 6 heteroatoms. The van der Waals surface area contributed by atoms with E-state index in [-0.39, 0.29) is 41.2 Å². The van der Waals surface area contributed by atoms with Gasteiger partial charge < -0.3 is 19.7 Å². The van der Waals surface area contributed by atoms with Crippen molar-refractivity contribution in [3.05, 3.63) is 71.8 Å². The third kappa shape index (κ3) is 4.53. The van der Waals surface area contributed by atoms with E-state index in [0.29, 0.717) is 36.3 Å². The normalized spacial score (nSPS) is 40.4. The first-order valence-electron chi connectivity index (χ1n) is 15.5. The van der Waals surface area contributed by atoms with Crippen LogP contribution in [0.4, 0.5) is 0 Å². The Morgan fingerprint density at radius 1 is 0.829 bits per heavy atom. The van der Waals surface area contributed by atoms with Gasteiger partial charge in [-0.05, 0) is 106 Å². The van der Waals surface area contributed by atoms with Gasteiger partial charge in [0.25, 0.3) is 0 Å². The lowest BCUT2D eigenvalue weighted by Gasteiger charge is -2.65. The third-order valence-electron chi connectivity index (χ3n) is 12.1. The molecule has 0 spiro atoms. The Morgan fingerprint density at radius 2 is 1.46 bits per heavy atom. The second kappa shape index (κ2) is 10.5. The van der Waals surface area contributed by atoms with Crippen LogP contribution in [0.25, 0.3) is 0 Å². The minimum Gasteiger partial charge on any atom is -0.459 e. The topological polar surface area (TPSA) is 93.1 Å². The zero-order valence-electron chi connectivity index (χ0n) is 24.5. The SMILES string of the molecule is CC(OC(=O)c1ccccc1)[C@H]1CC[C@]2(O)[C@@H]3CCC4C[C@@H](O)CC[C@]4(C)[C@H]3C[C@@H](OC(=O)c3ccccc3)[C@]12C. The van der Waals surface area contributed by atoms with Crippen LogP contribution in [-0.4, -0.2) is 46.1 Å². The van der Waals surface area contributed by atoms with E-state index in [0.717, 1.165) is 32.1 Å². The molecule has 10 atom stereocenters. The van der Waals surface area contributed by atoms with Crippen LogP contribution in [0.15, 0.2) is 60.7 Å². The minimum atomic E-state index is -1.06. The smallest absolute Gasteiger partial charge is 0.338 e. The molecule has 41 heavy (non-hydrogen) atoms. The van der Waals surface area contributed by atoms with Gasteiger partial charge in [-0.1, -0.05) is 50.2 Å². The van der Waals surface area contributed by atoms with E-state index in [2.05, 4.69) is 13.8 Å². The molecular weight excluding hydrogens is 516 g/mol. The highest BCUT2D eigenvalue weighted by molar-refractivity contribution is 5.90. The Labute approximate surface area is 243 Å². The molecule has 4 aliphatic carbocycles. The van der Waals surface area contributed by atoms with Gasteiger partial charge in [0.1, 0.15) is 12.2 Å². The van der Waals surface area contributed by atoms with Gasteiger partial charge in [0, 0.05) is 11.3 Å². The third-order valence-corrected chi connectivity index (χ3v) is 12.1. The van der Waals surface area contributed by atoms with Gasteiger partial charge in [-0.25, -0.2) is 9.59 Å². The summed E-state index contributed by atoms with van der Waals surface area (Å²) in [7, 11) is 0. The molecule has 4 aliphatic rings. The highest BCUT2D eigenvalue weighted by Gasteiger charge is 2.72. The van der Waals surface area contributed by atoms with Gasteiger partial charge in [-0.2, -0.15) is 0 Å². The van der Waals surface area contributed by atoms with Crippen LogP contribution in [0, 0.1) is 34.5 Å². The Bertz CT molecular complexity index is 1260. The molecule has 2 N–H and O–H groups in total. The number of hydrogen-bond donors (Lipinski definition) is 2. The van der Waals surface area contributed by atoms with Crippen molar-refractivity contribution in [2.45, 2.75) is 96.1 Å². The fourth-order valence-electron chi connectivity index (χ4n) is 9.78. The van der Waals surface area contributed by atoms with Crippen LogP contribution in [-0.2, 0) is 9.47 Å². The Hall–Kier alpha value is -2.70. The number of rotatable bonds is 5. The zero-order valence-corrected chi connectivity index (χ0v) is 24.5. The van der Waals surface area contributed by atoms with E-state index in [1.807, 2.05) is 43.3 Å². The van der Waals surface area contributed by atoms with Crippen LogP contribution in [0.3, 0.4) is 0 Å². The van der Waals surface area contributed by atoms with Gasteiger partial charge in [0.2, 0.25) is 0 Å². The highest BCUT2D eigenvalue weighted by atomic mass is 16.6. The molecule has 0 aromatic heterocycles. The molecule has 6 rings (SSSR count). The number of benzene rings is 2. The predicted octanol–water partition coefficient (Wildman–Crippen LogP) is 6.20. The van der Waals surface area contributed by atoms with Crippen molar-refractivity contribution in [2.24, 2.45) is 34.5 Å². The standard InChI is InChI=1S/C35H44O6/c1-22(40-31(37)23-10-6-4-7-11-23)27-17-19-35(39)28-15-14-25-20-26(36)16-18-33(25,2)29(28)21-30(34(27,35)3)41-32(38)24-12-8-5-9-13-24/h4-13,22,25-30,36,39H,14-21H2,1-3H3/t22?,25?,26-,27+,28+,29-,30+,33-,34-,35-/m0/s1. The maximum absolute atomic E-state index is 13.5. The molecule has 0 radical (unpaired) electrons. The molecule has 0 heterocycles. The van der Waals surface area contributed by atoms with E-state index in [9.17, 15) is 19.8 Å². The largest absolute Gasteiger partial charge is 0.459 e. The van der Waals surface area contributed by atoms with Crippen LogP contribution < -0.4 is 0 Å². The molecular formula is C35H44O6. The van der Waals surface area contributed by atoms with E-state index in [1.165, 1.54) is 0 Å². The van der Waals surface area contributed by atoms with Crippen molar-refractivity contribution in [3.8, 4) is 0 Å². The first-order valence-corrected chi connectivity index (χ1v) is 15.5. The number of aliphatic hydroxyl groups is 2. The predicted molar refractivity (Wildman–Crippen MR) is 155 cm³/mol. The van der Waals surface area contributed by atoms with Crippen molar-refractivity contribution in [2.75, 3.05) is 0 Å². The number of hydrogen-bond acceptors (Lipinski definition) is 6. The minimum absolute atomic E-state index is 0.0277. The number of esters is 2. The second-order valence-electron chi connectivity index (χ2n) is 13.7. The van der Waals surface area contributed by atoms with Crippen molar-refractivity contribution in [1.82, 2.24) is 0 Å². The van der Waals surface area contributed by atoms with E-state index < -0.39 is 23.2 Å². The van der Waals surface area contributed by atoms with Gasteiger partial charge >= 0.3 is 11.9 Å². The molecule has 0 saturated heterocycles. The number of carbonyl (C=O) groups is 2. The molecule has 0 aliphatic heterocycles. The fraction of sp³-hybridized carbons (Fsp3) is 0.600. The van der Waals surface area contributed by atoms with Crippen LogP contribution in [0.1, 0.15) is 92.9 Å². The average Bonchev–Trinajstić information content (AvgIpc) is 3.26. The van der Waals surface area contributed by atoms with Crippen molar-refractivity contribution >= 4 is 11.9 Å². The number of aliphatic hydroxyl groups excluding tert-OH is 1. The Kier molecular flexibility index (Phi) is 7.30. The monoisotopic (exact) mass is 560 g/mol. The maximum atomic E-state index is 13.5. The fourth-order valence-corrected chi connectivity index (χ4v) is 9.78. The average molecular weight is 561 g/mol. The molecule has 220 valence electrons. The summed E-state index contributed by atoms with van der Waals surface area (Å²) >= 11 is 0. The van der Waals surface area contributed by atoms with Gasteiger partial charge in [0.05, 0.1) is 22.8 Å². The van der Waals surface area contributed by atoms with Crippen LogP contribution >= 0.6 is 0 Å². The molecule has 0 amide bonds. The molecule has 2 aromatic rings. The zero-order chi connectivity index (χ0) is 29.0. The summed E-state index contributed by atoms with van der Waals surface area (Å²) < 4.78 is 12.5. The van der Waals surface area contributed by atoms with Crippen LogP contribution in [0.2, 0.25) is 0 Å². The number of carbonyl (C=O) groups excluding carboxylic acids is 2. The van der Waals surface area contributed by atoms with Crippen molar-refractivity contribution in [1.29, 1.82) is 0 Å². The lowest BCUT2D eigenvalue weighted by molar-refractivity contribution is -0.252. The Balaban J connectivity index is 1.35. The first kappa shape index (κ1) is 28.4.